The van der Waals surface area contributed by atoms with Crippen molar-refractivity contribution in [2.24, 2.45) is 4.99 Å². The number of hydrogen-bond donors (Lipinski definition) is 2. The van der Waals surface area contributed by atoms with Gasteiger partial charge in [-0.25, -0.2) is 13.1 Å². The zero-order valence-electron chi connectivity index (χ0n) is 10.2. The molecule has 0 fully saturated rings. The van der Waals surface area contributed by atoms with Crippen molar-refractivity contribution >= 4 is 32.9 Å². The second-order valence-corrected chi connectivity index (χ2v) is 6.69. The lowest BCUT2D eigenvalue weighted by Gasteiger charge is -2.06. The van der Waals surface area contributed by atoms with Crippen LogP contribution in [0, 0.1) is 0 Å². The number of amides is 1. The van der Waals surface area contributed by atoms with E-state index >= 15 is 0 Å². The first kappa shape index (κ1) is 14.0. The molecule has 0 saturated carbocycles. The maximum Gasteiger partial charge on any atom is 0.257 e. The van der Waals surface area contributed by atoms with Crippen LogP contribution in [-0.2, 0) is 10.0 Å². The van der Waals surface area contributed by atoms with E-state index in [1.165, 1.54) is 37.0 Å². The van der Waals surface area contributed by atoms with Crippen molar-refractivity contribution < 1.29 is 13.2 Å². The van der Waals surface area contributed by atoms with Crippen LogP contribution in [0.4, 0.5) is 0 Å². The van der Waals surface area contributed by atoms with Crippen molar-refractivity contribution in [1.29, 1.82) is 0 Å². The van der Waals surface area contributed by atoms with E-state index in [0.29, 0.717) is 11.7 Å². The van der Waals surface area contributed by atoms with Gasteiger partial charge in [-0.1, -0.05) is 17.8 Å². The van der Waals surface area contributed by atoms with Crippen LogP contribution in [0.2, 0.25) is 0 Å². The van der Waals surface area contributed by atoms with Crippen LogP contribution in [-0.4, -0.2) is 38.8 Å². The summed E-state index contributed by atoms with van der Waals surface area (Å²) in [6.45, 7) is 0.689. The summed E-state index contributed by atoms with van der Waals surface area (Å²) in [7, 11) is -2.22. The van der Waals surface area contributed by atoms with Gasteiger partial charge >= 0.3 is 0 Å². The molecule has 1 amide bonds. The van der Waals surface area contributed by atoms with Gasteiger partial charge in [0, 0.05) is 11.3 Å². The van der Waals surface area contributed by atoms with Crippen molar-refractivity contribution in [3.8, 4) is 0 Å². The van der Waals surface area contributed by atoms with E-state index < -0.39 is 10.0 Å². The average molecular weight is 299 g/mol. The molecule has 2 rings (SSSR count). The Morgan fingerprint density at radius 1 is 1.42 bits per heavy atom. The fourth-order valence-corrected chi connectivity index (χ4v) is 3.00. The summed E-state index contributed by atoms with van der Waals surface area (Å²) in [6.07, 6.45) is 0. The topological polar surface area (TPSA) is 87.6 Å². The largest absolute Gasteiger partial charge is 0.301 e. The molecule has 8 heteroatoms. The Kier molecular flexibility index (Phi) is 4.23. The molecule has 1 aliphatic heterocycles. The van der Waals surface area contributed by atoms with E-state index in [-0.39, 0.29) is 16.4 Å². The number of thioether (sulfide) groups is 1. The highest BCUT2D eigenvalue weighted by molar-refractivity contribution is 8.14. The van der Waals surface area contributed by atoms with Crippen molar-refractivity contribution in [1.82, 2.24) is 10.0 Å². The van der Waals surface area contributed by atoms with Gasteiger partial charge < -0.3 is 5.32 Å². The van der Waals surface area contributed by atoms with Crippen LogP contribution >= 0.6 is 11.8 Å². The molecule has 0 saturated heterocycles. The third-order valence-electron chi connectivity index (χ3n) is 2.48. The molecule has 1 aromatic rings. The molecule has 0 aliphatic carbocycles. The predicted octanol–water partition coefficient (Wildman–Crippen LogP) is 0.427. The van der Waals surface area contributed by atoms with E-state index in [1.807, 2.05) is 0 Å². The molecule has 0 unspecified atom stereocenters. The molecule has 6 nitrogen and oxygen atoms in total. The summed E-state index contributed by atoms with van der Waals surface area (Å²) in [5.41, 5.74) is 0.284. The summed E-state index contributed by atoms with van der Waals surface area (Å²) < 4.78 is 25.5. The number of amidine groups is 1. The number of aliphatic imine (C=N–C) groups is 1. The Hall–Kier alpha value is -1.38. The molecular weight excluding hydrogens is 286 g/mol. The fourth-order valence-electron chi connectivity index (χ4n) is 1.50. The highest BCUT2D eigenvalue weighted by Gasteiger charge is 2.16. The zero-order chi connectivity index (χ0) is 13.9. The molecule has 102 valence electrons. The zero-order valence-corrected chi connectivity index (χ0v) is 11.8. The number of benzene rings is 1. The van der Waals surface area contributed by atoms with Crippen LogP contribution in [0.15, 0.2) is 34.2 Å². The monoisotopic (exact) mass is 299 g/mol. The highest BCUT2D eigenvalue weighted by Crippen LogP contribution is 2.13. The van der Waals surface area contributed by atoms with E-state index in [1.54, 1.807) is 6.07 Å². The molecule has 1 heterocycles. The second-order valence-electron chi connectivity index (χ2n) is 3.72. The standard InChI is InChI=1S/C11H13N3O3S2/c1-12-19(16,17)9-4-2-3-8(7-9)10(15)14-11-13-5-6-18-11/h2-4,7,12H,5-6H2,1H3,(H,13,14,15). The van der Waals surface area contributed by atoms with Gasteiger partial charge in [0.1, 0.15) is 0 Å². The minimum atomic E-state index is -3.55. The van der Waals surface area contributed by atoms with Crippen LogP contribution in [0.3, 0.4) is 0 Å². The van der Waals surface area contributed by atoms with Crippen molar-refractivity contribution in [2.45, 2.75) is 4.90 Å². The van der Waals surface area contributed by atoms with Crippen LogP contribution in [0.1, 0.15) is 10.4 Å². The Bertz CT molecular complexity index is 626. The Labute approximate surface area is 115 Å². The van der Waals surface area contributed by atoms with Gasteiger partial charge in [0.15, 0.2) is 5.17 Å². The van der Waals surface area contributed by atoms with Crippen LogP contribution in [0.25, 0.3) is 0 Å². The number of carbonyl (C=O) groups excluding carboxylic acids is 1. The summed E-state index contributed by atoms with van der Waals surface area (Å²) in [6, 6.07) is 5.86. The van der Waals surface area contributed by atoms with Gasteiger partial charge in [0.25, 0.3) is 5.91 Å². The lowest BCUT2D eigenvalue weighted by atomic mass is 10.2. The third kappa shape index (κ3) is 3.34. The molecule has 19 heavy (non-hydrogen) atoms. The Balaban J connectivity index is 2.21. The van der Waals surface area contributed by atoms with Gasteiger partial charge in [-0.3, -0.25) is 9.79 Å². The van der Waals surface area contributed by atoms with E-state index in [0.717, 1.165) is 5.75 Å². The summed E-state index contributed by atoms with van der Waals surface area (Å²) in [5.74, 6) is 0.491. The molecule has 1 aliphatic rings. The molecule has 0 atom stereocenters. The molecule has 2 N–H and O–H groups in total. The number of nitrogens with zero attached hydrogens (tertiary/aromatic N) is 1. The number of carbonyl (C=O) groups is 1. The number of sulfonamides is 1. The smallest absolute Gasteiger partial charge is 0.257 e. The normalized spacial score (nSPS) is 15.1. The van der Waals surface area contributed by atoms with Crippen LogP contribution in [0.5, 0.6) is 0 Å². The Morgan fingerprint density at radius 3 is 2.84 bits per heavy atom. The average Bonchev–Trinajstić information content (AvgIpc) is 2.91. The molecule has 0 radical (unpaired) electrons. The molecule has 0 spiro atoms. The van der Waals surface area contributed by atoms with Gasteiger partial charge in [-0.2, -0.15) is 0 Å². The Morgan fingerprint density at radius 2 is 2.21 bits per heavy atom. The fraction of sp³-hybridized carbons (Fsp3) is 0.273. The minimum Gasteiger partial charge on any atom is -0.301 e. The first-order valence-corrected chi connectivity index (χ1v) is 8.02. The van der Waals surface area contributed by atoms with Crippen molar-refractivity contribution in [3.63, 3.8) is 0 Å². The van der Waals surface area contributed by atoms with Gasteiger partial charge in [-0.15, -0.1) is 0 Å². The number of rotatable bonds is 3. The summed E-state index contributed by atoms with van der Waals surface area (Å²) in [5, 5.41) is 3.23. The van der Waals surface area contributed by atoms with Crippen molar-refractivity contribution in [2.75, 3.05) is 19.3 Å². The first-order valence-electron chi connectivity index (χ1n) is 5.55. The lowest BCUT2D eigenvalue weighted by molar-refractivity contribution is 0.0978. The predicted molar refractivity (Wildman–Crippen MR) is 74.9 cm³/mol. The van der Waals surface area contributed by atoms with Gasteiger partial charge in [-0.05, 0) is 25.2 Å². The minimum absolute atomic E-state index is 0.0589. The third-order valence-corrected chi connectivity index (χ3v) is 4.78. The second kappa shape index (κ2) is 5.72. The number of nitrogens with one attached hydrogen (secondary N) is 2. The van der Waals surface area contributed by atoms with E-state index in [4.69, 9.17) is 0 Å². The molecule has 0 bridgehead atoms. The SMILES string of the molecule is CNS(=O)(=O)c1cccc(C(=O)NC2=NCCS2)c1. The van der Waals surface area contributed by atoms with Gasteiger partial charge in [0.2, 0.25) is 10.0 Å². The first-order chi connectivity index (χ1) is 9.03. The molecular formula is C11H13N3O3S2. The van der Waals surface area contributed by atoms with Gasteiger partial charge in [0.05, 0.1) is 11.4 Å². The van der Waals surface area contributed by atoms with E-state index in [2.05, 4.69) is 15.0 Å². The van der Waals surface area contributed by atoms with Crippen LogP contribution < -0.4 is 10.0 Å². The lowest BCUT2D eigenvalue weighted by Crippen LogP contribution is -2.27. The molecule has 0 aromatic heterocycles. The highest BCUT2D eigenvalue weighted by atomic mass is 32.2. The van der Waals surface area contributed by atoms with E-state index in [9.17, 15) is 13.2 Å². The summed E-state index contributed by atoms with van der Waals surface area (Å²) >= 11 is 1.47. The van der Waals surface area contributed by atoms with Crippen molar-refractivity contribution in [3.05, 3.63) is 29.8 Å². The quantitative estimate of drug-likeness (QED) is 0.847. The maximum atomic E-state index is 11.9. The number of hydrogen-bond acceptors (Lipinski definition) is 5. The summed E-state index contributed by atoms with van der Waals surface area (Å²) in [4.78, 5) is 16.1. The maximum absolute atomic E-state index is 11.9. The molecule has 1 aromatic carbocycles.